The third-order valence-corrected chi connectivity index (χ3v) is 2.00. The molecule has 0 amide bonds. The summed E-state index contributed by atoms with van der Waals surface area (Å²) in [5.74, 6) is 2.50. The van der Waals surface area contributed by atoms with Crippen LogP contribution >= 0.6 is 11.6 Å². The Bertz CT molecular complexity index is 292. The molecule has 0 bridgehead atoms. The second-order valence-electron chi connectivity index (χ2n) is 2.71. The number of hydrogen-bond acceptors (Lipinski definition) is 2. The molecule has 1 rings (SSSR count). The molecule has 0 saturated heterocycles. The lowest BCUT2D eigenvalue weighted by molar-refractivity contribution is 0.572. The van der Waals surface area contributed by atoms with E-state index in [-0.39, 0.29) is 0 Å². The van der Waals surface area contributed by atoms with Gasteiger partial charge in [-0.1, -0.05) is 17.5 Å². The first kappa shape index (κ1) is 10.1. The van der Waals surface area contributed by atoms with Crippen LogP contribution in [0.4, 0.5) is 0 Å². The molecule has 1 N–H and O–H groups in total. The Morgan fingerprint density at radius 2 is 2.54 bits per heavy atom. The molecule has 0 spiro atoms. The maximum atomic E-state index is 5.83. The van der Waals surface area contributed by atoms with E-state index >= 15 is 0 Å². The molecule has 4 heteroatoms. The first-order valence-corrected chi connectivity index (χ1v) is 4.45. The molecule has 0 radical (unpaired) electrons. The number of terminal acetylenes is 1. The molecule has 0 atom stereocenters. The van der Waals surface area contributed by atoms with E-state index in [2.05, 4.69) is 16.3 Å². The van der Waals surface area contributed by atoms with Crippen LogP contribution in [0.25, 0.3) is 0 Å². The Morgan fingerprint density at radius 1 is 1.77 bits per heavy atom. The van der Waals surface area contributed by atoms with Crippen molar-refractivity contribution in [1.29, 1.82) is 0 Å². The van der Waals surface area contributed by atoms with Crippen molar-refractivity contribution < 1.29 is 0 Å². The number of hydrogen-bond donors (Lipinski definition) is 1. The topological polar surface area (TPSA) is 29.9 Å². The van der Waals surface area contributed by atoms with Gasteiger partial charge in [0, 0.05) is 12.7 Å². The van der Waals surface area contributed by atoms with Crippen LogP contribution in [0.1, 0.15) is 5.69 Å². The highest BCUT2D eigenvalue weighted by molar-refractivity contribution is 6.31. The SMILES string of the molecule is C#CCNCCn1cc(Cl)c(C)n1. The number of nitrogens with one attached hydrogen (secondary N) is 1. The zero-order valence-corrected chi connectivity index (χ0v) is 8.30. The summed E-state index contributed by atoms with van der Waals surface area (Å²) >= 11 is 5.83. The number of halogens is 1. The fourth-order valence-corrected chi connectivity index (χ4v) is 1.11. The van der Waals surface area contributed by atoms with Crippen LogP contribution in [-0.2, 0) is 6.54 Å². The third-order valence-electron chi connectivity index (χ3n) is 1.63. The van der Waals surface area contributed by atoms with Gasteiger partial charge in [0.1, 0.15) is 0 Å². The van der Waals surface area contributed by atoms with Gasteiger partial charge in [-0.2, -0.15) is 5.10 Å². The molecule has 0 fully saturated rings. The van der Waals surface area contributed by atoms with Gasteiger partial charge in [-0.15, -0.1) is 6.42 Å². The predicted molar refractivity (Wildman–Crippen MR) is 53.7 cm³/mol. The fourth-order valence-electron chi connectivity index (χ4n) is 0.962. The van der Waals surface area contributed by atoms with E-state index < -0.39 is 0 Å². The zero-order valence-electron chi connectivity index (χ0n) is 7.55. The summed E-state index contributed by atoms with van der Waals surface area (Å²) in [6.45, 7) is 4.07. The Kier molecular flexibility index (Phi) is 3.81. The monoisotopic (exact) mass is 197 g/mol. The van der Waals surface area contributed by atoms with Crippen molar-refractivity contribution in [2.75, 3.05) is 13.1 Å². The third kappa shape index (κ3) is 3.10. The van der Waals surface area contributed by atoms with Crippen molar-refractivity contribution in [2.45, 2.75) is 13.5 Å². The van der Waals surface area contributed by atoms with Crippen LogP contribution in [0.5, 0.6) is 0 Å². The molecule has 70 valence electrons. The van der Waals surface area contributed by atoms with Crippen molar-refractivity contribution >= 4 is 11.6 Å². The number of aromatic nitrogens is 2. The zero-order chi connectivity index (χ0) is 9.68. The van der Waals surface area contributed by atoms with Gasteiger partial charge in [0.25, 0.3) is 0 Å². The van der Waals surface area contributed by atoms with E-state index in [1.54, 1.807) is 4.68 Å². The molecule has 0 aliphatic carbocycles. The van der Waals surface area contributed by atoms with E-state index in [9.17, 15) is 0 Å². The van der Waals surface area contributed by atoms with Crippen molar-refractivity contribution in [3.05, 3.63) is 16.9 Å². The van der Waals surface area contributed by atoms with Gasteiger partial charge in [-0.05, 0) is 6.92 Å². The fraction of sp³-hybridized carbons (Fsp3) is 0.444. The average molecular weight is 198 g/mol. The lowest BCUT2D eigenvalue weighted by Gasteiger charge is -2.00. The van der Waals surface area contributed by atoms with Crippen molar-refractivity contribution in [3.8, 4) is 12.3 Å². The number of rotatable bonds is 4. The quantitative estimate of drug-likeness (QED) is 0.578. The maximum Gasteiger partial charge on any atom is 0.0814 e. The van der Waals surface area contributed by atoms with Crippen LogP contribution in [0.3, 0.4) is 0 Å². The van der Waals surface area contributed by atoms with Crippen LogP contribution in [0.15, 0.2) is 6.20 Å². The van der Waals surface area contributed by atoms with E-state index in [0.29, 0.717) is 11.6 Å². The molecule has 0 aromatic carbocycles. The molecular weight excluding hydrogens is 186 g/mol. The molecule has 1 aromatic rings. The largest absolute Gasteiger partial charge is 0.304 e. The minimum atomic E-state index is 0.591. The molecule has 13 heavy (non-hydrogen) atoms. The van der Waals surface area contributed by atoms with Gasteiger partial charge in [0.05, 0.1) is 23.8 Å². The average Bonchev–Trinajstić information content (AvgIpc) is 2.41. The molecule has 0 unspecified atom stereocenters. The molecule has 0 aliphatic heterocycles. The maximum absolute atomic E-state index is 5.83. The molecule has 3 nitrogen and oxygen atoms in total. The highest BCUT2D eigenvalue weighted by atomic mass is 35.5. The summed E-state index contributed by atoms with van der Waals surface area (Å²) < 4.78 is 1.81. The predicted octanol–water partition coefficient (Wildman–Crippen LogP) is 1.07. The summed E-state index contributed by atoms with van der Waals surface area (Å²) in [5.41, 5.74) is 0.860. The van der Waals surface area contributed by atoms with E-state index in [4.69, 9.17) is 18.0 Å². The van der Waals surface area contributed by atoms with Crippen LogP contribution < -0.4 is 5.32 Å². The van der Waals surface area contributed by atoms with E-state index in [1.165, 1.54) is 0 Å². The Hall–Kier alpha value is -0.980. The summed E-state index contributed by atoms with van der Waals surface area (Å²) in [6.07, 6.45) is 6.89. The summed E-state index contributed by atoms with van der Waals surface area (Å²) in [6, 6.07) is 0. The van der Waals surface area contributed by atoms with Crippen LogP contribution in [0, 0.1) is 19.3 Å². The molecule has 0 aliphatic rings. The van der Waals surface area contributed by atoms with Gasteiger partial charge in [0.2, 0.25) is 0 Å². The summed E-state index contributed by atoms with van der Waals surface area (Å²) in [4.78, 5) is 0. The normalized spacial score (nSPS) is 9.92. The molecule has 1 aromatic heterocycles. The second-order valence-corrected chi connectivity index (χ2v) is 3.11. The van der Waals surface area contributed by atoms with E-state index in [0.717, 1.165) is 18.8 Å². The smallest absolute Gasteiger partial charge is 0.0814 e. The summed E-state index contributed by atoms with van der Waals surface area (Å²) in [5, 5.41) is 7.98. The lowest BCUT2D eigenvalue weighted by Crippen LogP contribution is -2.20. The van der Waals surface area contributed by atoms with Gasteiger partial charge in [0.15, 0.2) is 0 Å². The Morgan fingerprint density at radius 3 is 3.08 bits per heavy atom. The van der Waals surface area contributed by atoms with Crippen LogP contribution in [0.2, 0.25) is 5.02 Å². The van der Waals surface area contributed by atoms with Crippen molar-refractivity contribution in [2.24, 2.45) is 0 Å². The highest BCUT2D eigenvalue weighted by Crippen LogP contribution is 2.11. The van der Waals surface area contributed by atoms with Gasteiger partial charge in [-0.3, -0.25) is 4.68 Å². The van der Waals surface area contributed by atoms with Crippen molar-refractivity contribution in [3.63, 3.8) is 0 Å². The molecule has 1 heterocycles. The van der Waals surface area contributed by atoms with Gasteiger partial charge < -0.3 is 5.32 Å². The number of nitrogens with zero attached hydrogens (tertiary/aromatic N) is 2. The lowest BCUT2D eigenvalue weighted by atomic mass is 10.5. The Labute approximate surface area is 83.1 Å². The second kappa shape index (κ2) is 4.90. The van der Waals surface area contributed by atoms with Crippen LogP contribution in [-0.4, -0.2) is 22.9 Å². The van der Waals surface area contributed by atoms with Crippen molar-refractivity contribution in [1.82, 2.24) is 15.1 Å². The minimum Gasteiger partial charge on any atom is -0.304 e. The van der Waals surface area contributed by atoms with Gasteiger partial charge >= 0.3 is 0 Å². The minimum absolute atomic E-state index is 0.591. The summed E-state index contributed by atoms with van der Waals surface area (Å²) in [7, 11) is 0. The van der Waals surface area contributed by atoms with Gasteiger partial charge in [-0.25, -0.2) is 0 Å². The first-order chi connectivity index (χ1) is 6.24. The first-order valence-electron chi connectivity index (χ1n) is 4.08. The standard InChI is InChI=1S/C9H12ClN3/c1-3-4-11-5-6-13-7-9(10)8(2)12-13/h1,7,11H,4-6H2,2H3. The molecule has 0 saturated carbocycles. The Balaban J connectivity index is 2.34. The highest BCUT2D eigenvalue weighted by Gasteiger charge is 2.00. The molecular formula is C9H12ClN3. The van der Waals surface area contributed by atoms with E-state index in [1.807, 2.05) is 13.1 Å². The number of aryl methyl sites for hydroxylation is 1.